The van der Waals surface area contributed by atoms with Gasteiger partial charge in [0.1, 0.15) is 0 Å². The van der Waals surface area contributed by atoms with Crippen LogP contribution in [0, 0.1) is 0 Å². The molecule has 0 unspecified atom stereocenters. The molecular formula is C19H26N6O2. The number of piperidine rings is 1. The van der Waals surface area contributed by atoms with Crippen molar-refractivity contribution >= 4 is 17.5 Å². The number of nitrogens with zero attached hydrogens (tertiary/aromatic N) is 4. The number of amides is 2. The van der Waals surface area contributed by atoms with Crippen molar-refractivity contribution in [2.24, 2.45) is 0 Å². The number of rotatable bonds is 6. The molecule has 0 radical (unpaired) electrons. The van der Waals surface area contributed by atoms with Crippen LogP contribution in [-0.2, 0) is 0 Å². The summed E-state index contributed by atoms with van der Waals surface area (Å²) in [6, 6.07) is 7.19. The zero-order valence-electron chi connectivity index (χ0n) is 15.8. The van der Waals surface area contributed by atoms with E-state index in [2.05, 4.69) is 20.9 Å². The molecule has 3 rings (SSSR count). The second-order valence-electron chi connectivity index (χ2n) is 6.57. The SMILES string of the molecule is CCN(CC)C(=O)c1ccc(NC(=O)c2cn(C3CCNCC3)nn2)cc1. The molecule has 0 spiro atoms. The summed E-state index contributed by atoms with van der Waals surface area (Å²) in [5.74, 6) is -0.319. The van der Waals surface area contributed by atoms with Crippen LogP contribution in [0.5, 0.6) is 0 Å². The van der Waals surface area contributed by atoms with Crippen LogP contribution in [0.2, 0.25) is 0 Å². The van der Waals surface area contributed by atoms with Gasteiger partial charge in [-0.25, -0.2) is 4.68 Å². The summed E-state index contributed by atoms with van der Waals surface area (Å²) in [7, 11) is 0. The van der Waals surface area contributed by atoms with E-state index >= 15 is 0 Å². The van der Waals surface area contributed by atoms with Crippen LogP contribution in [0.3, 0.4) is 0 Å². The quantitative estimate of drug-likeness (QED) is 0.811. The van der Waals surface area contributed by atoms with Gasteiger partial charge in [0.25, 0.3) is 11.8 Å². The summed E-state index contributed by atoms with van der Waals surface area (Å²) in [4.78, 5) is 26.5. The molecule has 8 heteroatoms. The Hall–Kier alpha value is -2.74. The molecule has 0 atom stereocenters. The number of hydrogen-bond donors (Lipinski definition) is 2. The van der Waals surface area contributed by atoms with Gasteiger partial charge in [-0.15, -0.1) is 5.10 Å². The van der Waals surface area contributed by atoms with E-state index in [4.69, 9.17) is 0 Å². The van der Waals surface area contributed by atoms with Crippen molar-refractivity contribution < 1.29 is 9.59 Å². The molecule has 1 saturated heterocycles. The molecule has 1 aromatic heterocycles. The molecule has 2 heterocycles. The van der Waals surface area contributed by atoms with E-state index in [1.165, 1.54) is 0 Å². The van der Waals surface area contributed by atoms with Crippen LogP contribution in [-0.4, -0.2) is 57.9 Å². The van der Waals surface area contributed by atoms with Crippen LogP contribution in [0.15, 0.2) is 30.5 Å². The fourth-order valence-corrected chi connectivity index (χ4v) is 3.22. The third-order valence-corrected chi connectivity index (χ3v) is 4.87. The van der Waals surface area contributed by atoms with Crippen LogP contribution in [0.25, 0.3) is 0 Å². The number of carbonyl (C=O) groups excluding carboxylic acids is 2. The summed E-state index contributed by atoms with van der Waals surface area (Å²) < 4.78 is 1.78. The van der Waals surface area contributed by atoms with Gasteiger partial charge in [-0.3, -0.25) is 9.59 Å². The fraction of sp³-hybridized carbons (Fsp3) is 0.474. The average Bonchev–Trinajstić information content (AvgIpc) is 3.20. The van der Waals surface area contributed by atoms with E-state index in [-0.39, 0.29) is 23.6 Å². The molecular weight excluding hydrogens is 344 g/mol. The molecule has 0 bridgehead atoms. The van der Waals surface area contributed by atoms with Gasteiger partial charge in [-0.1, -0.05) is 5.21 Å². The average molecular weight is 370 g/mol. The second kappa shape index (κ2) is 8.77. The van der Waals surface area contributed by atoms with Gasteiger partial charge < -0.3 is 15.5 Å². The lowest BCUT2D eigenvalue weighted by Crippen LogP contribution is -2.30. The van der Waals surface area contributed by atoms with Crippen molar-refractivity contribution in [3.8, 4) is 0 Å². The molecule has 2 N–H and O–H groups in total. The molecule has 1 aromatic carbocycles. The Morgan fingerprint density at radius 3 is 2.48 bits per heavy atom. The van der Waals surface area contributed by atoms with Gasteiger partial charge in [0.15, 0.2) is 5.69 Å². The topological polar surface area (TPSA) is 92.2 Å². The number of carbonyl (C=O) groups is 2. The second-order valence-corrected chi connectivity index (χ2v) is 6.57. The first kappa shape index (κ1) is 19.0. The zero-order valence-corrected chi connectivity index (χ0v) is 15.8. The highest BCUT2D eigenvalue weighted by molar-refractivity contribution is 6.03. The smallest absolute Gasteiger partial charge is 0.277 e. The third-order valence-electron chi connectivity index (χ3n) is 4.87. The van der Waals surface area contributed by atoms with E-state index in [1.807, 2.05) is 13.8 Å². The molecule has 2 amide bonds. The lowest BCUT2D eigenvalue weighted by atomic mass is 10.1. The number of benzene rings is 1. The molecule has 1 aliphatic rings. The Morgan fingerprint density at radius 2 is 1.85 bits per heavy atom. The summed E-state index contributed by atoms with van der Waals surface area (Å²) >= 11 is 0. The maximum atomic E-state index is 12.4. The van der Waals surface area contributed by atoms with Gasteiger partial charge >= 0.3 is 0 Å². The van der Waals surface area contributed by atoms with E-state index < -0.39 is 0 Å². The van der Waals surface area contributed by atoms with E-state index in [0.717, 1.165) is 25.9 Å². The van der Waals surface area contributed by atoms with E-state index in [0.29, 0.717) is 24.3 Å². The molecule has 27 heavy (non-hydrogen) atoms. The predicted molar refractivity (Wildman–Crippen MR) is 103 cm³/mol. The molecule has 144 valence electrons. The maximum Gasteiger partial charge on any atom is 0.277 e. The zero-order chi connectivity index (χ0) is 19.2. The van der Waals surface area contributed by atoms with Crippen LogP contribution >= 0.6 is 0 Å². The molecule has 1 aliphatic heterocycles. The van der Waals surface area contributed by atoms with Crippen LogP contribution in [0.4, 0.5) is 5.69 Å². The number of aromatic nitrogens is 3. The summed E-state index contributed by atoms with van der Waals surface area (Å²) in [5, 5.41) is 14.2. The Bertz CT molecular complexity index is 776. The van der Waals surface area contributed by atoms with Crippen molar-refractivity contribution in [2.45, 2.75) is 32.7 Å². The van der Waals surface area contributed by atoms with Gasteiger partial charge in [0.2, 0.25) is 0 Å². The molecule has 0 saturated carbocycles. The Labute approximate surface area is 158 Å². The standard InChI is InChI=1S/C19H26N6O2/c1-3-24(4-2)19(27)14-5-7-15(8-6-14)21-18(26)17-13-25(23-22-17)16-9-11-20-12-10-16/h5-8,13,16,20H,3-4,9-12H2,1-2H3,(H,21,26). The Morgan fingerprint density at radius 1 is 1.19 bits per heavy atom. The van der Waals surface area contributed by atoms with Crippen molar-refractivity contribution in [1.82, 2.24) is 25.2 Å². The first-order valence-corrected chi connectivity index (χ1v) is 9.45. The molecule has 2 aromatic rings. The van der Waals surface area contributed by atoms with E-state index in [9.17, 15) is 9.59 Å². The summed E-state index contributed by atoms with van der Waals surface area (Å²) in [6.07, 6.45) is 3.66. The lowest BCUT2D eigenvalue weighted by Gasteiger charge is -2.22. The van der Waals surface area contributed by atoms with Crippen molar-refractivity contribution in [2.75, 3.05) is 31.5 Å². The van der Waals surface area contributed by atoms with Crippen molar-refractivity contribution in [3.05, 3.63) is 41.7 Å². The first-order chi connectivity index (χ1) is 13.1. The number of hydrogen-bond acceptors (Lipinski definition) is 5. The number of nitrogens with one attached hydrogen (secondary N) is 2. The van der Waals surface area contributed by atoms with Crippen LogP contribution < -0.4 is 10.6 Å². The highest BCUT2D eigenvalue weighted by Gasteiger charge is 2.19. The predicted octanol–water partition coefficient (Wildman–Crippen LogP) is 1.94. The van der Waals surface area contributed by atoms with Gasteiger partial charge in [0.05, 0.1) is 12.2 Å². The fourth-order valence-electron chi connectivity index (χ4n) is 3.22. The Kier molecular flexibility index (Phi) is 6.18. The van der Waals surface area contributed by atoms with E-state index in [1.54, 1.807) is 40.0 Å². The van der Waals surface area contributed by atoms with Crippen molar-refractivity contribution in [3.63, 3.8) is 0 Å². The largest absolute Gasteiger partial charge is 0.339 e. The minimum absolute atomic E-state index is 0.0113. The van der Waals surface area contributed by atoms with Crippen LogP contribution in [0.1, 0.15) is 53.6 Å². The molecule has 1 fully saturated rings. The summed E-state index contributed by atoms with van der Waals surface area (Å²) in [5.41, 5.74) is 1.51. The van der Waals surface area contributed by atoms with Gasteiger partial charge in [0, 0.05) is 24.3 Å². The first-order valence-electron chi connectivity index (χ1n) is 9.45. The third kappa shape index (κ3) is 4.51. The molecule has 0 aliphatic carbocycles. The minimum atomic E-state index is -0.307. The lowest BCUT2D eigenvalue weighted by molar-refractivity contribution is 0.0773. The monoisotopic (exact) mass is 370 g/mol. The molecule has 8 nitrogen and oxygen atoms in total. The highest BCUT2D eigenvalue weighted by Crippen LogP contribution is 2.18. The Balaban J connectivity index is 1.62. The van der Waals surface area contributed by atoms with Crippen molar-refractivity contribution in [1.29, 1.82) is 0 Å². The minimum Gasteiger partial charge on any atom is -0.339 e. The normalized spacial score (nSPS) is 14.7. The maximum absolute atomic E-state index is 12.4. The number of anilines is 1. The van der Waals surface area contributed by atoms with Gasteiger partial charge in [-0.05, 0) is 64.0 Å². The highest BCUT2D eigenvalue weighted by atomic mass is 16.2. The summed E-state index contributed by atoms with van der Waals surface area (Å²) in [6.45, 7) is 7.14. The van der Waals surface area contributed by atoms with Gasteiger partial charge in [-0.2, -0.15) is 0 Å².